The number of urea groups is 1. The lowest BCUT2D eigenvalue weighted by Gasteiger charge is -2.34. The maximum atomic E-state index is 12.8. The van der Waals surface area contributed by atoms with Gasteiger partial charge in [-0.05, 0) is 37.7 Å². The highest BCUT2D eigenvalue weighted by Gasteiger charge is 2.36. The van der Waals surface area contributed by atoms with E-state index in [1.165, 1.54) is 6.42 Å². The topological polar surface area (TPSA) is 65.2 Å². The molecular formula is C17H22F3N3O2. The Hall–Kier alpha value is -1.99. The maximum absolute atomic E-state index is 12.8. The first-order valence-corrected chi connectivity index (χ1v) is 8.74. The number of hydrogen-bond donors (Lipinski definition) is 2. The summed E-state index contributed by atoms with van der Waals surface area (Å²) in [7, 11) is 0. The molecule has 25 heavy (non-hydrogen) atoms. The Bertz CT molecular complexity index is 680. The molecule has 1 unspecified atom stereocenters. The average Bonchev–Trinajstić information content (AvgIpc) is 3.06. The number of aromatic nitrogens is 1. The maximum Gasteiger partial charge on any atom is 0.417 e. The molecule has 5 nitrogen and oxygen atoms in total. The van der Waals surface area contributed by atoms with Gasteiger partial charge in [0.25, 0.3) is 5.56 Å². The van der Waals surface area contributed by atoms with Crippen LogP contribution in [0.2, 0.25) is 0 Å². The Morgan fingerprint density at radius 3 is 2.56 bits per heavy atom. The zero-order chi connectivity index (χ0) is 18.0. The number of hydrogen-bond acceptors (Lipinski definition) is 2. The largest absolute Gasteiger partial charge is 0.417 e. The fourth-order valence-electron chi connectivity index (χ4n) is 3.98. The van der Waals surface area contributed by atoms with Crippen molar-refractivity contribution >= 4 is 11.7 Å². The van der Waals surface area contributed by atoms with Crippen molar-refractivity contribution in [3.63, 3.8) is 0 Å². The van der Waals surface area contributed by atoms with Gasteiger partial charge in [0.1, 0.15) is 5.69 Å². The van der Waals surface area contributed by atoms with Crippen molar-refractivity contribution in [2.75, 3.05) is 11.9 Å². The van der Waals surface area contributed by atoms with Gasteiger partial charge in [0, 0.05) is 18.8 Å². The number of aromatic amines is 1. The normalized spacial score (nSPS) is 22.2. The fraction of sp³-hybridized carbons (Fsp3) is 0.647. The summed E-state index contributed by atoms with van der Waals surface area (Å²) >= 11 is 0. The summed E-state index contributed by atoms with van der Waals surface area (Å²) in [5.41, 5.74) is -2.10. The summed E-state index contributed by atoms with van der Waals surface area (Å²) in [6.45, 7) is 0.573. The van der Waals surface area contributed by atoms with Gasteiger partial charge in [-0.25, -0.2) is 4.79 Å². The van der Waals surface area contributed by atoms with E-state index in [1.807, 2.05) is 4.98 Å². The minimum atomic E-state index is -4.58. The van der Waals surface area contributed by atoms with Gasteiger partial charge in [-0.15, -0.1) is 0 Å². The van der Waals surface area contributed by atoms with Crippen LogP contribution < -0.4 is 10.9 Å². The van der Waals surface area contributed by atoms with Gasteiger partial charge in [-0.3, -0.25) is 4.79 Å². The third-order valence-electron chi connectivity index (χ3n) is 5.23. The zero-order valence-electron chi connectivity index (χ0n) is 13.9. The number of rotatable bonds is 2. The highest BCUT2D eigenvalue weighted by atomic mass is 19.4. The molecular weight excluding hydrogens is 335 g/mol. The number of H-pyrrole nitrogens is 1. The highest BCUT2D eigenvalue weighted by molar-refractivity contribution is 5.89. The molecule has 0 radical (unpaired) electrons. The predicted octanol–water partition coefficient (Wildman–Crippen LogP) is 3.97. The molecule has 2 amide bonds. The number of anilines is 1. The number of nitrogens with one attached hydrogen (secondary N) is 2. The predicted molar refractivity (Wildman–Crippen MR) is 87.4 cm³/mol. The first-order valence-electron chi connectivity index (χ1n) is 8.74. The molecule has 2 aliphatic rings. The molecule has 1 aromatic heterocycles. The van der Waals surface area contributed by atoms with Crippen molar-refractivity contribution < 1.29 is 18.0 Å². The molecule has 1 aromatic rings. The Morgan fingerprint density at radius 2 is 1.88 bits per heavy atom. The van der Waals surface area contributed by atoms with Crippen LogP contribution in [0, 0.1) is 5.92 Å². The van der Waals surface area contributed by atoms with Crippen molar-refractivity contribution in [1.82, 2.24) is 9.88 Å². The van der Waals surface area contributed by atoms with Crippen LogP contribution in [0.15, 0.2) is 17.1 Å². The van der Waals surface area contributed by atoms with E-state index in [0.29, 0.717) is 24.7 Å². The van der Waals surface area contributed by atoms with Gasteiger partial charge in [0.15, 0.2) is 0 Å². The lowest BCUT2D eigenvalue weighted by Crippen LogP contribution is -2.43. The molecule has 138 valence electrons. The van der Waals surface area contributed by atoms with E-state index in [1.54, 1.807) is 4.90 Å². The lowest BCUT2D eigenvalue weighted by atomic mass is 9.83. The minimum Gasteiger partial charge on any atom is -0.327 e. The molecule has 1 saturated heterocycles. The fourth-order valence-corrected chi connectivity index (χ4v) is 3.98. The molecule has 8 heteroatoms. The van der Waals surface area contributed by atoms with E-state index in [9.17, 15) is 22.8 Å². The van der Waals surface area contributed by atoms with E-state index >= 15 is 0 Å². The molecule has 2 N–H and O–H groups in total. The average molecular weight is 357 g/mol. The molecule has 2 heterocycles. The molecule has 3 rings (SSSR count). The molecule has 2 fully saturated rings. The number of carbonyl (C=O) groups is 1. The second-order valence-electron chi connectivity index (χ2n) is 6.86. The van der Waals surface area contributed by atoms with E-state index < -0.39 is 23.3 Å². The minimum absolute atomic E-state index is 0.116. The molecule has 1 aliphatic carbocycles. The van der Waals surface area contributed by atoms with Crippen LogP contribution >= 0.6 is 0 Å². The third-order valence-corrected chi connectivity index (χ3v) is 5.23. The standard InChI is InChI=1S/C17H22F3N3O2/c18-17(19,20)12-9-13(15(24)21-10-12)22-16(25)23-8-4-7-14(23)11-5-2-1-3-6-11/h9-11,14H,1-8H2,(H,21,24)(H,22,25). The van der Waals surface area contributed by atoms with Gasteiger partial charge < -0.3 is 15.2 Å². The van der Waals surface area contributed by atoms with E-state index in [4.69, 9.17) is 0 Å². The molecule has 0 bridgehead atoms. The summed E-state index contributed by atoms with van der Waals surface area (Å²) in [5, 5.41) is 2.38. The number of alkyl halides is 3. The summed E-state index contributed by atoms with van der Waals surface area (Å²) in [5.74, 6) is 0.446. The number of nitrogens with zero attached hydrogens (tertiary/aromatic N) is 1. The van der Waals surface area contributed by atoms with Crippen molar-refractivity contribution in [2.24, 2.45) is 5.92 Å². The van der Waals surface area contributed by atoms with E-state index in [0.717, 1.165) is 38.5 Å². The number of pyridine rings is 1. The van der Waals surface area contributed by atoms with Crippen LogP contribution in [0.1, 0.15) is 50.5 Å². The summed E-state index contributed by atoms with van der Waals surface area (Å²) in [6, 6.07) is 0.311. The Morgan fingerprint density at radius 1 is 1.16 bits per heavy atom. The van der Waals surface area contributed by atoms with Crippen molar-refractivity contribution in [2.45, 2.75) is 57.2 Å². The van der Waals surface area contributed by atoms with Gasteiger partial charge in [0.2, 0.25) is 0 Å². The van der Waals surface area contributed by atoms with Crippen molar-refractivity contribution in [3.05, 3.63) is 28.2 Å². The van der Waals surface area contributed by atoms with Crippen LogP contribution in [-0.2, 0) is 6.18 Å². The Kier molecular flexibility index (Phi) is 5.06. The monoisotopic (exact) mass is 357 g/mol. The van der Waals surface area contributed by atoms with Gasteiger partial charge >= 0.3 is 12.2 Å². The van der Waals surface area contributed by atoms with Crippen LogP contribution in [0.5, 0.6) is 0 Å². The third kappa shape index (κ3) is 3.99. The number of carbonyl (C=O) groups excluding carboxylic acids is 1. The Balaban J connectivity index is 1.74. The zero-order valence-corrected chi connectivity index (χ0v) is 13.9. The second kappa shape index (κ2) is 7.09. The number of amides is 2. The molecule has 0 spiro atoms. The molecule has 0 aromatic carbocycles. The van der Waals surface area contributed by atoms with Crippen LogP contribution in [-0.4, -0.2) is 28.5 Å². The van der Waals surface area contributed by atoms with Crippen molar-refractivity contribution in [3.8, 4) is 0 Å². The summed E-state index contributed by atoms with van der Waals surface area (Å²) in [4.78, 5) is 28.1. The van der Waals surface area contributed by atoms with Gasteiger partial charge in [-0.2, -0.15) is 13.2 Å². The van der Waals surface area contributed by atoms with Crippen molar-refractivity contribution in [1.29, 1.82) is 0 Å². The van der Waals surface area contributed by atoms with Gasteiger partial charge in [-0.1, -0.05) is 19.3 Å². The quantitative estimate of drug-likeness (QED) is 0.841. The number of likely N-dealkylation sites (tertiary alicyclic amines) is 1. The smallest absolute Gasteiger partial charge is 0.327 e. The molecule has 1 aliphatic heterocycles. The first kappa shape index (κ1) is 17.8. The van der Waals surface area contributed by atoms with Crippen LogP contribution in [0.4, 0.5) is 23.7 Å². The number of halogens is 3. The summed E-state index contributed by atoms with van der Waals surface area (Å²) in [6.07, 6.45) is 3.52. The SMILES string of the molecule is O=C(Nc1cc(C(F)(F)F)c[nH]c1=O)N1CCCC1C1CCCCC1. The summed E-state index contributed by atoms with van der Waals surface area (Å²) < 4.78 is 38.4. The highest BCUT2D eigenvalue weighted by Crippen LogP contribution is 2.34. The molecule has 1 atom stereocenters. The van der Waals surface area contributed by atoms with Crippen LogP contribution in [0.25, 0.3) is 0 Å². The van der Waals surface area contributed by atoms with E-state index in [2.05, 4.69) is 5.32 Å². The Labute approximate surface area is 143 Å². The van der Waals surface area contributed by atoms with Gasteiger partial charge in [0.05, 0.1) is 5.56 Å². The van der Waals surface area contributed by atoms with E-state index in [-0.39, 0.29) is 11.7 Å². The molecule has 1 saturated carbocycles. The lowest BCUT2D eigenvalue weighted by molar-refractivity contribution is -0.137. The second-order valence-corrected chi connectivity index (χ2v) is 6.86. The first-order chi connectivity index (χ1) is 11.9. The van der Waals surface area contributed by atoms with Crippen LogP contribution in [0.3, 0.4) is 0 Å².